The molecule has 0 aliphatic rings. The van der Waals surface area contributed by atoms with Gasteiger partial charge in [-0.1, -0.05) is 31.2 Å². The Morgan fingerprint density at radius 1 is 1.19 bits per heavy atom. The Kier molecular flexibility index (Phi) is 6.12. The Hall–Kier alpha value is -2.82. The zero-order valence-corrected chi connectivity index (χ0v) is 16.2. The van der Waals surface area contributed by atoms with E-state index in [2.05, 4.69) is 35.0 Å². The molecule has 0 saturated heterocycles. The molecule has 0 bridgehead atoms. The Morgan fingerprint density at radius 2 is 1.93 bits per heavy atom. The van der Waals surface area contributed by atoms with Crippen LogP contribution in [0.3, 0.4) is 0 Å². The molecule has 1 heterocycles. The molecule has 142 valence electrons. The van der Waals surface area contributed by atoms with Gasteiger partial charge in [-0.3, -0.25) is 4.79 Å². The number of amides is 1. The third kappa shape index (κ3) is 4.67. The van der Waals surface area contributed by atoms with Crippen molar-refractivity contribution in [3.63, 3.8) is 0 Å². The molecule has 0 fully saturated rings. The summed E-state index contributed by atoms with van der Waals surface area (Å²) in [5.41, 5.74) is 3.33. The van der Waals surface area contributed by atoms with Gasteiger partial charge in [-0.2, -0.15) is 0 Å². The van der Waals surface area contributed by atoms with Crippen molar-refractivity contribution in [2.24, 2.45) is 0 Å². The van der Waals surface area contributed by atoms with E-state index < -0.39 is 0 Å². The zero-order chi connectivity index (χ0) is 19.2. The van der Waals surface area contributed by atoms with Crippen molar-refractivity contribution in [3.05, 3.63) is 59.9 Å². The van der Waals surface area contributed by atoms with Gasteiger partial charge in [0.1, 0.15) is 11.6 Å². The Bertz CT molecular complexity index is 900. The van der Waals surface area contributed by atoms with Crippen LogP contribution in [0.2, 0.25) is 0 Å². The number of hydrogen-bond acceptors (Lipinski definition) is 3. The van der Waals surface area contributed by atoms with E-state index in [0.717, 1.165) is 42.0 Å². The van der Waals surface area contributed by atoms with Crippen molar-refractivity contribution in [1.82, 2.24) is 14.9 Å². The molecular weight excluding hydrogens is 338 g/mol. The maximum absolute atomic E-state index is 11.4. The minimum Gasteiger partial charge on any atom is -0.494 e. The molecule has 1 atom stereocenters. The number of fused-ring (bicyclic) bond motifs is 1. The molecule has 1 amide bonds. The van der Waals surface area contributed by atoms with Crippen molar-refractivity contribution >= 4 is 16.9 Å². The van der Waals surface area contributed by atoms with Gasteiger partial charge in [0.2, 0.25) is 5.91 Å². The van der Waals surface area contributed by atoms with Gasteiger partial charge in [-0.05, 0) is 49.6 Å². The molecule has 3 rings (SSSR count). The van der Waals surface area contributed by atoms with Gasteiger partial charge in [-0.15, -0.1) is 0 Å². The predicted molar refractivity (Wildman–Crippen MR) is 108 cm³/mol. The summed E-state index contributed by atoms with van der Waals surface area (Å²) in [4.78, 5) is 16.2. The molecule has 0 spiro atoms. The van der Waals surface area contributed by atoms with Crippen LogP contribution in [-0.2, 0) is 17.8 Å². The van der Waals surface area contributed by atoms with Crippen LogP contribution in [0.25, 0.3) is 11.0 Å². The second-order valence-corrected chi connectivity index (χ2v) is 6.73. The lowest BCUT2D eigenvalue weighted by molar-refractivity contribution is -0.119. The minimum atomic E-state index is -0.141. The molecule has 2 aromatic carbocycles. The van der Waals surface area contributed by atoms with E-state index in [9.17, 15) is 4.79 Å². The lowest BCUT2D eigenvalue weighted by Gasteiger charge is -2.15. The van der Waals surface area contributed by atoms with Gasteiger partial charge in [-0.25, -0.2) is 4.98 Å². The number of rotatable bonds is 8. The highest BCUT2D eigenvalue weighted by Gasteiger charge is 2.17. The number of para-hydroxylation sites is 2. The first-order valence-electron chi connectivity index (χ1n) is 9.52. The zero-order valence-electron chi connectivity index (χ0n) is 16.2. The van der Waals surface area contributed by atoms with Crippen molar-refractivity contribution in [2.75, 3.05) is 6.61 Å². The topological polar surface area (TPSA) is 56.1 Å². The first-order chi connectivity index (χ1) is 13.1. The number of ether oxygens (including phenoxy) is 1. The van der Waals surface area contributed by atoms with Crippen LogP contribution in [0.5, 0.6) is 5.75 Å². The lowest BCUT2D eigenvalue weighted by Crippen LogP contribution is -2.26. The van der Waals surface area contributed by atoms with Crippen LogP contribution >= 0.6 is 0 Å². The molecular formula is C22H27N3O2. The molecule has 1 aromatic heterocycles. The molecule has 0 aliphatic heterocycles. The number of carbonyl (C=O) groups excluding carboxylic acids is 1. The molecule has 0 aliphatic carbocycles. The number of carbonyl (C=O) groups is 1. The van der Waals surface area contributed by atoms with Crippen LogP contribution in [-0.4, -0.2) is 22.1 Å². The maximum Gasteiger partial charge on any atom is 0.217 e. The standard InChI is InChI=1S/C22H27N3O2/c1-4-18-10-12-19(13-11-18)27-15-7-14-25-21-9-6-5-8-20(21)24-22(25)16(2)23-17(3)26/h5-6,8-13,16H,4,7,14-15H2,1-3H3,(H,23,26). The number of imidazole rings is 1. The van der Waals surface area contributed by atoms with Gasteiger partial charge >= 0.3 is 0 Å². The largest absolute Gasteiger partial charge is 0.494 e. The molecule has 0 saturated carbocycles. The Morgan fingerprint density at radius 3 is 2.63 bits per heavy atom. The van der Waals surface area contributed by atoms with Crippen LogP contribution < -0.4 is 10.1 Å². The molecule has 0 radical (unpaired) electrons. The summed E-state index contributed by atoms with van der Waals surface area (Å²) in [5, 5.41) is 2.93. The maximum atomic E-state index is 11.4. The highest BCUT2D eigenvalue weighted by molar-refractivity contribution is 5.77. The smallest absolute Gasteiger partial charge is 0.217 e. The second-order valence-electron chi connectivity index (χ2n) is 6.73. The fourth-order valence-corrected chi connectivity index (χ4v) is 3.26. The number of nitrogens with zero attached hydrogens (tertiary/aromatic N) is 2. The normalized spacial score (nSPS) is 12.1. The summed E-state index contributed by atoms with van der Waals surface area (Å²) < 4.78 is 8.06. The monoisotopic (exact) mass is 365 g/mol. The summed E-state index contributed by atoms with van der Waals surface area (Å²) >= 11 is 0. The van der Waals surface area contributed by atoms with Gasteiger partial charge in [0.05, 0.1) is 23.7 Å². The Labute approximate surface area is 160 Å². The summed E-state index contributed by atoms with van der Waals surface area (Å²) in [6.45, 7) is 7.05. The summed E-state index contributed by atoms with van der Waals surface area (Å²) in [6.07, 6.45) is 1.89. The fraction of sp³-hybridized carbons (Fsp3) is 0.364. The molecule has 5 nitrogen and oxygen atoms in total. The van der Waals surface area contributed by atoms with Crippen molar-refractivity contribution in [1.29, 1.82) is 0 Å². The van der Waals surface area contributed by atoms with Crippen LogP contribution in [0.15, 0.2) is 48.5 Å². The Balaban J connectivity index is 1.68. The highest BCUT2D eigenvalue weighted by atomic mass is 16.5. The average Bonchev–Trinajstić information content (AvgIpc) is 3.04. The van der Waals surface area contributed by atoms with Crippen LogP contribution in [0, 0.1) is 0 Å². The van der Waals surface area contributed by atoms with E-state index in [0.29, 0.717) is 6.61 Å². The van der Waals surface area contributed by atoms with Gasteiger partial charge in [0.25, 0.3) is 0 Å². The van der Waals surface area contributed by atoms with Crippen molar-refractivity contribution in [2.45, 2.75) is 46.2 Å². The molecule has 1 N–H and O–H groups in total. The highest BCUT2D eigenvalue weighted by Crippen LogP contribution is 2.21. The van der Waals surface area contributed by atoms with Gasteiger partial charge in [0.15, 0.2) is 0 Å². The number of aryl methyl sites for hydroxylation is 2. The molecule has 27 heavy (non-hydrogen) atoms. The number of hydrogen-bond donors (Lipinski definition) is 1. The van der Waals surface area contributed by atoms with E-state index >= 15 is 0 Å². The van der Waals surface area contributed by atoms with Crippen LogP contribution in [0.4, 0.5) is 0 Å². The molecule has 3 aromatic rings. The lowest BCUT2D eigenvalue weighted by atomic mass is 10.2. The summed E-state index contributed by atoms with van der Waals surface area (Å²) in [7, 11) is 0. The number of aromatic nitrogens is 2. The van der Waals surface area contributed by atoms with E-state index in [1.54, 1.807) is 0 Å². The minimum absolute atomic E-state index is 0.0556. The van der Waals surface area contributed by atoms with E-state index in [1.165, 1.54) is 12.5 Å². The van der Waals surface area contributed by atoms with Crippen LogP contribution in [0.1, 0.15) is 44.6 Å². The predicted octanol–water partition coefficient (Wildman–Crippen LogP) is 4.26. The van der Waals surface area contributed by atoms with Gasteiger partial charge < -0.3 is 14.6 Å². The first kappa shape index (κ1) is 19.0. The van der Waals surface area contributed by atoms with E-state index in [4.69, 9.17) is 9.72 Å². The summed E-state index contributed by atoms with van der Waals surface area (Å²) in [6, 6.07) is 16.2. The third-order valence-corrected chi connectivity index (χ3v) is 4.62. The van der Waals surface area contributed by atoms with Crippen molar-refractivity contribution in [3.8, 4) is 5.75 Å². The quantitative estimate of drug-likeness (QED) is 0.607. The molecule has 5 heteroatoms. The van der Waals surface area contributed by atoms with E-state index in [1.807, 2.05) is 37.3 Å². The summed E-state index contributed by atoms with van der Waals surface area (Å²) in [5.74, 6) is 1.72. The molecule has 1 unspecified atom stereocenters. The first-order valence-corrected chi connectivity index (χ1v) is 9.52. The second kappa shape index (κ2) is 8.71. The van der Waals surface area contributed by atoms with Crippen molar-refractivity contribution < 1.29 is 9.53 Å². The van der Waals surface area contributed by atoms with E-state index in [-0.39, 0.29) is 11.9 Å². The third-order valence-electron chi connectivity index (χ3n) is 4.62. The van der Waals surface area contributed by atoms with Gasteiger partial charge in [0, 0.05) is 13.5 Å². The SMILES string of the molecule is CCc1ccc(OCCCn2c(C(C)NC(C)=O)nc3ccccc32)cc1. The number of benzene rings is 2. The average molecular weight is 365 g/mol. The fourth-order valence-electron chi connectivity index (χ4n) is 3.26. The number of nitrogens with one attached hydrogen (secondary N) is 1.